The number of benzene rings is 1. The van der Waals surface area contributed by atoms with Gasteiger partial charge in [-0.2, -0.15) is 0 Å². The maximum atomic E-state index is 13.3. The summed E-state index contributed by atoms with van der Waals surface area (Å²) in [5.74, 6) is 2.12. The third-order valence-corrected chi connectivity index (χ3v) is 6.60. The quantitative estimate of drug-likeness (QED) is 0.697. The first-order valence-electron chi connectivity index (χ1n) is 10.3. The molecule has 156 valence electrons. The fourth-order valence-corrected chi connectivity index (χ4v) is 4.80. The van der Waals surface area contributed by atoms with Crippen LogP contribution >= 0.6 is 11.6 Å². The van der Waals surface area contributed by atoms with E-state index in [1.165, 1.54) is 0 Å². The van der Waals surface area contributed by atoms with Gasteiger partial charge in [0.15, 0.2) is 6.10 Å². The smallest absolute Gasteiger partial charge is 0.264 e. The molecule has 4 heterocycles. The molecule has 2 aliphatic heterocycles. The van der Waals surface area contributed by atoms with Crippen LogP contribution in [0.15, 0.2) is 36.8 Å². The van der Waals surface area contributed by atoms with E-state index in [0.717, 1.165) is 41.1 Å². The van der Waals surface area contributed by atoms with Crippen molar-refractivity contribution in [1.29, 1.82) is 0 Å². The Hall–Kier alpha value is -2.80. The molecule has 0 aliphatic carbocycles. The highest BCUT2D eigenvalue weighted by Crippen LogP contribution is 2.33. The van der Waals surface area contributed by atoms with Gasteiger partial charge in [-0.3, -0.25) is 4.79 Å². The second-order valence-electron chi connectivity index (χ2n) is 8.23. The van der Waals surface area contributed by atoms with Crippen molar-refractivity contribution in [3.8, 4) is 5.75 Å². The monoisotopic (exact) mass is 425 g/mol. The molecule has 8 heteroatoms. The zero-order valence-electron chi connectivity index (χ0n) is 17.0. The minimum Gasteiger partial charge on any atom is -0.480 e. The number of nitrogens with one attached hydrogen (secondary N) is 1. The van der Waals surface area contributed by atoms with Gasteiger partial charge < -0.3 is 19.5 Å². The lowest BCUT2D eigenvalue weighted by molar-refractivity contribution is -0.139. The topological polar surface area (TPSA) is 74.3 Å². The summed E-state index contributed by atoms with van der Waals surface area (Å²) >= 11 is 6.09. The molecule has 3 atom stereocenters. The summed E-state index contributed by atoms with van der Waals surface area (Å²) < 4.78 is 5.94. The van der Waals surface area contributed by atoms with E-state index in [1.807, 2.05) is 36.3 Å². The van der Waals surface area contributed by atoms with Gasteiger partial charge in [-0.05, 0) is 42.2 Å². The number of piperidine rings is 1. The predicted molar refractivity (Wildman–Crippen MR) is 116 cm³/mol. The summed E-state index contributed by atoms with van der Waals surface area (Å²) in [6, 6.07) is 7.68. The highest BCUT2D eigenvalue weighted by molar-refractivity contribution is 6.30. The number of ether oxygens (including phenoxy) is 1. The largest absolute Gasteiger partial charge is 0.480 e. The second kappa shape index (κ2) is 7.47. The molecule has 0 saturated carbocycles. The summed E-state index contributed by atoms with van der Waals surface area (Å²) in [7, 11) is 2.05. The van der Waals surface area contributed by atoms with E-state index in [9.17, 15) is 4.79 Å². The first-order valence-corrected chi connectivity index (χ1v) is 10.6. The maximum Gasteiger partial charge on any atom is 0.264 e. The van der Waals surface area contributed by atoms with E-state index in [2.05, 4.69) is 26.8 Å². The van der Waals surface area contributed by atoms with E-state index >= 15 is 0 Å². The van der Waals surface area contributed by atoms with Crippen LogP contribution in [0.4, 0.5) is 5.82 Å². The number of likely N-dealkylation sites (N-methyl/N-ethyl adjacent to an activating group) is 1. The van der Waals surface area contributed by atoms with Crippen LogP contribution in [-0.4, -0.2) is 58.0 Å². The third kappa shape index (κ3) is 3.27. The van der Waals surface area contributed by atoms with Crippen LogP contribution in [0.1, 0.15) is 18.9 Å². The lowest BCUT2D eigenvalue weighted by atomic mass is 9.91. The SMILES string of the molecule is C[C@@H]1CCN(C(=O)[C@H]2Cc3cc(Cl)ccc3O2)C[C@@H]1N(C)c1ncnc2[nH]ccc12. The van der Waals surface area contributed by atoms with Gasteiger partial charge in [0, 0.05) is 37.8 Å². The average molecular weight is 426 g/mol. The number of halogens is 1. The normalized spacial score (nSPS) is 23.3. The molecule has 0 radical (unpaired) electrons. The summed E-state index contributed by atoms with van der Waals surface area (Å²) in [6.45, 7) is 3.62. The lowest BCUT2D eigenvalue weighted by Crippen LogP contribution is -2.55. The summed E-state index contributed by atoms with van der Waals surface area (Å²) in [5.41, 5.74) is 1.81. The Morgan fingerprint density at radius 3 is 3.07 bits per heavy atom. The number of hydrogen-bond donors (Lipinski definition) is 1. The molecule has 1 aromatic carbocycles. The zero-order valence-corrected chi connectivity index (χ0v) is 17.8. The van der Waals surface area contributed by atoms with Gasteiger partial charge in [-0.1, -0.05) is 18.5 Å². The molecular formula is C22H24ClN5O2. The van der Waals surface area contributed by atoms with Crippen LogP contribution in [0.2, 0.25) is 5.02 Å². The molecule has 0 unspecified atom stereocenters. The van der Waals surface area contributed by atoms with Gasteiger partial charge >= 0.3 is 0 Å². The predicted octanol–water partition coefficient (Wildman–Crippen LogP) is 3.29. The standard InChI is InChI=1S/C22H24ClN5O2/c1-13-6-8-28(22(29)19-10-14-9-15(23)3-4-18(14)30-19)11-17(13)27(2)21-16-5-7-24-20(16)25-12-26-21/h3-5,7,9,12-13,17,19H,6,8,10-11H2,1-2H3,(H,24,25,26)/t13-,17+,19-/m1/s1. The number of carbonyl (C=O) groups is 1. The van der Waals surface area contributed by atoms with E-state index in [-0.39, 0.29) is 11.9 Å². The van der Waals surface area contributed by atoms with Crippen molar-refractivity contribution in [3.05, 3.63) is 47.4 Å². The lowest BCUT2D eigenvalue weighted by Gasteiger charge is -2.42. The number of nitrogens with zero attached hydrogens (tertiary/aromatic N) is 4. The Labute approximate surface area is 180 Å². The second-order valence-corrected chi connectivity index (χ2v) is 8.66. The molecule has 1 N–H and O–H groups in total. The number of rotatable bonds is 3. The number of carbonyl (C=O) groups excluding carboxylic acids is 1. The van der Waals surface area contributed by atoms with Crippen molar-refractivity contribution in [1.82, 2.24) is 19.9 Å². The summed E-state index contributed by atoms with van der Waals surface area (Å²) in [6.07, 6.45) is 4.48. The van der Waals surface area contributed by atoms with Gasteiger partial charge in [0.25, 0.3) is 5.91 Å². The number of H-pyrrole nitrogens is 1. The van der Waals surface area contributed by atoms with E-state index < -0.39 is 6.10 Å². The minimum atomic E-state index is -0.478. The van der Waals surface area contributed by atoms with Crippen molar-refractivity contribution >= 4 is 34.4 Å². The van der Waals surface area contributed by atoms with Crippen LogP contribution in [0.25, 0.3) is 11.0 Å². The van der Waals surface area contributed by atoms with E-state index in [4.69, 9.17) is 16.3 Å². The third-order valence-electron chi connectivity index (χ3n) is 6.37. The average Bonchev–Trinajstić information content (AvgIpc) is 3.39. The summed E-state index contributed by atoms with van der Waals surface area (Å²) in [5, 5.41) is 1.65. The molecule has 5 rings (SSSR count). The molecule has 1 saturated heterocycles. The Morgan fingerprint density at radius 2 is 2.20 bits per heavy atom. The number of hydrogen-bond acceptors (Lipinski definition) is 5. The van der Waals surface area contributed by atoms with Crippen molar-refractivity contribution < 1.29 is 9.53 Å². The minimum absolute atomic E-state index is 0.0436. The Kier molecular flexibility index (Phi) is 4.77. The maximum absolute atomic E-state index is 13.3. The van der Waals surface area contributed by atoms with Gasteiger partial charge in [0.2, 0.25) is 0 Å². The van der Waals surface area contributed by atoms with Crippen molar-refractivity contribution in [2.75, 3.05) is 25.0 Å². The van der Waals surface area contributed by atoms with Crippen LogP contribution in [0.5, 0.6) is 5.75 Å². The fourth-order valence-electron chi connectivity index (χ4n) is 4.61. The zero-order chi connectivity index (χ0) is 20.8. The molecule has 30 heavy (non-hydrogen) atoms. The van der Waals surface area contributed by atoms with Crippen molar-refractivity contribution in [3.63, 3.8) is 0 Å². The molecule has 0 bridgehead atoms. The van der Waals surface area contributed by atoms with Crippen LogP contribution in [0.3, 0.4) is 0 Å². The van der Waals surface area contributed by atoms with Gasteiger partial charge in [0.05, 0.1) is 11.4 Å². The van der Waals surface area contributed by atoms with E-state index in [0.29, 0.717) is 23.9 Å². The van der Waals surface area contributed by atoms with Crippen molar-refractivity contribution in [2.45, 2.75) is 31.9 Å². The molecule has 0 spiro atoms. The molecule has 7 nitrogen and oxygen atoms in total. The Balaban J connectivity index is 1.34. The Morgan fingerprint density at radius 1 is 1.33 bits per heavy atom. The molecule has 3 aromatic rings. The summed E-state index contributed by atoms with van der Waals surface area (Å²) in [4.78, 5) is 29.3. The van der Waals surface area contributed by atoms with Gasteiger partial charge in [0.1, 0.15) is 23.5 Å². The Bertz CT molecular complexity index is 1100. The highest BCUT2D eigenvalue weighted by atomic mass is 35.5. The van der Waals surface area contributed by atoms with Gasteiger partial charge in [-0.25, -0.2) is 9.97 Å². The number of amides is 1. The first kappa shape index (κ1) is 19.2. The molecule has 2 aliphatic rings. The number of aromatic amines is 1. The number of aromatic nitrogens is 3. The molecular weight excluding hydrogens is 402 g/mol. The number of likely N-dealkylation sites (tertiary alicyclic amines) is 1. The number of anilines is 1. The van der Waals surface area contributed by atoms with Crippen LogP contribution in [0, 0.1) is 5.92 Å². The van der Waals surface area contributed by atoms with Crippen molar-refractivity contribution in [2.24, 2.45) is 5.92 Å². The van der Waals surface area contributed by atoms with Crippen LogP contribution in [-0.2, 0) is 11.2 Å². The molecule has 1 amide bonds. The van der Waals surface area contributed by atoms with E-state index in [1.54, 1.807) is 12.4 Å². The molecule has 1 fully saturated rings. The highest BCUT2D eigenvalue weighted by Gasteiger charge is 2.38. The first-order chi connectivity index (χ1) is 14.5. The molecule has 2 aromatic heterocycles. The number of fused-ring (bicyclic) bond motifs is 2. The fraction of sp³-hybridized carbons (Fsp3) is 0.409. The van der Waals surface area contributed by atoms with Crippen LogP contribution < -0.4 is 9.64 Å². The van der Waals surface area contributed by atoms with Gasteiger partial charge in [-0.15, -0.1) is 0 Å².